The highest BCUT2D eigenvalue weighted by Gasteiger charge is 2.38. The number of carbonyl (C=O) groups is 3. The molecule has 22 heavy (non-hydrogen) atoms. The summed E-state index contributed by atoms with van der Waals surface area (Å²) >= 11 is 0. The largest absolute Gasteiger partial charge is 0.478 e. The second-order valence-electron chi connectivity index (χ2n) is 4.88. The van der Waals surface area contributed by atoms with E-state index in [-0.39, 0.29) is 11.3 Å². The maximum absolute atomic E-state index is 13.6. The summed E-state index contributed by atoms with van der Waals surface area (Å²) in [6.07, 6.45) is 0.907. The summed E-state index contributed by atoms with van der Waals surface area (Å²) in [6.45, 7) is 2.78. The summed E-state index contributed by atoms with van der Waals surface area (Å²) in [6, 6.07) is 3.06. The second-order valence-corrected chi connectivity index (χ2v) is 4.88. The van der Waals surface area contributed by atoms with E-state index in [1.807, 2.05) is 0 Å². The molecule has 1 heterocycles. The van der Waals surface area contributed by atoms with Crippen LogP contribution in [-0.4, -0.2) is 28.8 Å². The monoisotopic (exact) mass is 309 g/mol. The van der Waals surface area contributed by atoms with Gasteiger partial charge < -0.3 is 19.9 Å². The Morgan fingerprint density at radius 3 is 2.41 bits per heavy atom. The summed E-state index contributed by atoms with van der Waals surface area (Å²) in [7, 11) is 0. The molecule has 2 N–H and O–H groups in total. The first-order valence-corrected chi connectivity index (χ1v) is 6.16. The van der Waals surface area contributed by atoms with Crippen LogP contribution in [0, 0.1) is 5.82 Å². The molecule has 1 aromatic carbocycles. The SMILES string of the molecule is CC1(C)OC(=O)C(=CNc2cc(C(=O)O)ccc2F)C(=O)O1. The van der Waals surface area contributed by atoms with Crippen LogP contribution in [0.25, 0.3) is 0 Å². The van der Waals surface area contributed by atoms with Gasteiger partial charge >= 0.3 is 17.9 Å². The van der Waals surface area contributed by atoms with Crippen LogP contribution >= 0.6 is 0 Å². The number of nitrogens with one attached hydrogen (secondary N) is 1. The Morgan fingerprint density at radius 2 is 1.86 bits per heavy atom. The predicted molar refractivity (Wildman–Crippen MR) is 71.3 cm³/mol. The first kappa shape index (κ1) is 15.5. The van der Waals surface area contributed by atoms with E-state index in [9.17, 15) is 18.8 Å². The number of benzene rings is 1. The van der Waals surface area contributed by atoms with Gasteiger partial charge in [-0.1, -0.05) is 0 Å². The number of cyclic esters (lactones) is 2. The molecule has 116 valence electrons. The molecule has 8 heteroatoms. The fourth-order valence-electron chi connectivity index (χ4n) is 1.70. The van der Waals surface area contributed by atoms with E-state index in [1.54, 1.807) is 0 Å². The number of aromatic carboxylic acids is 1. The topological polar surface area (TPSA) is 102 Å². The van der Waals surface area contributed by atoms with Crippen molar-refractivity contribution >= 4 is 23.6 Å². The third kappa shape index (κ3) is 3.22. The van der Waals surface area contributed by atoms with E-state index in [4.69, 9.17) is 14.6 Å². The molecular formula is C14H12FNO6. The van der Waals surface area contributed by atoms with Crippen LogP contribution in [0.4, 0.5) is 10.1 Å². The van der Waals surface area contributed by atoms with Gasteiger partial charge in [0.05, 0.1) is 11.3 Å². The molecule has 0 aliphatic carbocycles. The number of carboxylic acids is 1. The van der Waals surface area contributed by atoms with E-state index in [1.165, 1.54) is 13.8 Å². The van der Waals surface area contributed by atoms with Gasteiger partial charge in [-0.2, -0.15) is 0 Å². The van der Waals surface area contributed by atoms with Gasteiger partial charge in [0.15, 0.2) is 5.57 Å². The Kier molecular flexibility index (Phi) is 3.85. The fourth-order valence-corrected chi connectivity index (χ4v) is 1.70. The molecule has 0 radical (unpaired) electrons. The minimum absolute atomic E-state index is 0.155. The maximum Gasteiger partial charge on any atom is 0.350 e. The maximum atomic E-state index is 13.6. The molecular weight excluding hydrogens is 297 g/mol. The quantitative estimate of drug-likeness (QED) is 0.497. The summed E-state index contributed by atoms with van der Waals surface area (Å²) in [5, 5.41) is 11.2. The molecule has 0 aromatic heterocycles. The van der Waals surface area contributed by atoms with Crippen molar-refractivity contribution in [3.63, 3.8) is 0 Å². The van der Waals surface area contributed by atoms with Crippen molar-refractivity contribution in [3.05, 3.63) is 41.4 Å². The van der Waals surface area contributed by atoms with Crippen LogP contribution < -0.4 is 5.32 Å². The lowest BCUT2D eigenvalue weighted by Gasteiger charge is -2.29. The van der Waals surface area contributed by atoms with E-state index < -0.39 is 35.1 Å². The summed E-state index contributed by atoms with van der Waals surface area (Å²) in [5.74, 6) is -5.22. The first-order chi connectivity index (χ1) is 10.2. The van der Waals surface area contributed by atoms with Gasteiger partial charge in [-0.25, -0.2) is 18.8 Å². The van der Waals surface area contributed by atoms with Crippen LogP contribution in [0.1, 0.15) is 24.2 Å². The van der Waals surface area contributed by atoms with E-state index in [0.717, 1.165) is 24.4 Å². The molecule has 2 rings (SSSR count). The Balaban J connectivity index is 2.25. The van der Waals surface area contributed by atoms with Gasteiger partial charge in [-0.05, 0) is 18.2 Å². The Labute approximate surface area is 124 Å². The highest BCUT2D eigenvalue weighted by molar-refractivity contribution is 6.15. The molecule has 1 saturated heterocycles. The smallest absolute Gasteiger partial charge is 0.350 e. The van der Waals surface area contributed by atoms with Crippen LogP contribution in [0.2, 0.25) is 0 Å². The Bertz CT molecular complexity index is 673. The van der Waals surface area contributed by atoms with Crippen LogP contribution in [-0.2, 0) is 19.1 Å². The van der Waals surface area contributed by atoms with E-state index >= 15 is 0 Å². The number of anilines is 1. The minimum Gasteiger partial charge on any atom is -0.478 e. The molecule has 0 unspecified atom stereocenters. The number of halogens is 1. The number of hydrogen-bond acceptors (Lipinski definition) is 6. The number of hydrogen-bond donors (Lipinski definition) is 2. The first-order valence-electron chi connectivity index (χ1n) is 6.16. The van der Waals surface area contributed by atoms with Crippen molar-refractivity contribution in [2.24, 2.45) is 0 Å². The van der Waals surface area contributed by atoms with Gasteiger partial charge in [0.1, 0.15) is 5.82 Å². The average molecular weight is 309 g/mol. The predicted octanol–water partition coefficient (Wildman–Crippen LogP) is 1.66. The third-order valence-corrected chi connectivity index (χ3v) is 2.70. The van der Waals surface area contributed by atoms with Crippen molar-refractivity contribution in [1.29, 1.82) is 0 Å². The lowest BCUT2D eigenvalue weighted by atomic mass is 10.2. The van der Waals surface area contributed by atoms with Crippen LogP contribution in [0.15, 0.2) is 30.0 Å². The fraction of sp³-hybridized carbons (Fsp3) is 0.214. The Hall–Kier alpha value is -2.90. The molecule has 0 spiro atoms. The highest BCUT2D eigenvalue weighted by Crippen LogP contribution is 2.23. The molecule has 1 aliphatic rings. The van der Waals surface area contributed by atoms with Crippen molar-refractivity contribution < 1.29 is 33.4 Å². The molecule has 1 aliphatic heterocycles. The molecule has 1 fully saturated rings. The van der Waals surface area contributed by atoms with Gasteiger partial charge in [-0.3, -0.25) is 0 Å². The zero-order chi connectivity index (χ0) is 16.5. The number of carboxylic acid groups (broad SMARTS) is 1. The Morgan fingerprint density at radius 1 is 1.27 bits per heavy atom. The molecule has 0 amide bonds. The number of carbonyl (C=O) groups excluding carboxylic acids is 2. The highest BCUT2D eigenvalue weighted by atomic mass is 19.1. The van der Waals surface area contributed by atoms with Crippen molar-refractivity contribution in [2.45, 2.75) is 19.6 Å². The lowest BCUT2D eigenvalue weighted by Crippen LogP contribution is -2.42. The standard InChI is InChI=1S/C14H12FNO6/c1-14(2)21-12(19)8(13(20)22-14)6-16-10-5-7(11(17)18)3-4-9(10)15/h3-6,16H,1-2H3,(H,17,18). The van der Waals surface area contributed by atoms with Crippen molar-refractivity contribution in [3.8, 4) is 0 Å². The zero-order valence-corrected chi connectivity index (χ0v) is 11.7. The van der Waals surface area contributed by atoms with Crippen LogP contribution in [0.3, 0.4) is 0 Å². The van der Waals surface area contributed by atoms with Gasteiger partial charge in [0.25, 0.3) is 5.79 Å². The van der Waals surface area contributed by atoms with Crippen molar-refractivity contribution in [1.82, 2.24) is 0 Å². The van der Waals surface area contributed by atoms with Gasteiger partial charge in [-0.15, -0.1) is 0 Å². The zero-order valence-electron chi connectivity index (χ0n) is 11.7. The van der Waals surface area contributed by atoms with Gasteiger partial charge in [0, 0.05) is 20.0 Å². The van der Waals surface area contributed by atoms with Crippen molar-refractivity contribution in [2.75, 3.05) is 5.32 Å². The number of rotatable bonds is 3. The van der Waals surface area contributed by atoms with E-state index in [2.05, 4.69) is 5.32 Å². The molecule has 0 bridgehead atoms. The molecule has 1 aromatic rings. The van der Waals surface area contributed by atoms with Gasteiger partial charge in [0.2, 0.25) is 0 Å². The molecule has 0 atom stereocenters. The number of esters is 2. The van der Waals surface area contributed by atoms with E-state index in [0.29, 0.717) is 0 Å². The molecule has 0 saturated carbocycles. The number of ether oxygens (including phenoxy) is 2. The molecule has 7 nitrogen and oxygen atoms in total. The summed E-state index contributed by atoms with van der Waals surface area (Å²) in [4.78, 5) is 34.2. The van der Waals surface area contributed by atoms with Crippen LogP contribution in [0.5, 0.6) is 0 Å². The third-order valence-electron chi connectivity index (χ3n) is 2.70. The average Bonchev–Trinajstić information content (AvgIpc) is 2.38. The summed E-state index contributed by atoms with van der Waals surface area (Å²) < 4.78 is 23.3. The second kappa shape index (κ2) is 5.47. The lowest BCUT2D eigenvalue weighted by molar-refractivity contribution is -0.222. The minimum atomic E-state index is -1.38. The normalized spacial score (nSPS) is 16.6. The summed E-state index contributed by atoms with van der Waals surface area (Å²) in [5.41, 5.74) is -0.825.